The molecule has 8 heteroatoms. The van der Waals surface area contributed by atoms with E-state index in [4.69, 9.17) is 21.7 Å². The van der Waals surface area contributed by atoms with E-state index in [0.29, 0.717) is 23.2 Å². The lowest BCUT2D eigenvalue weighted by Gasteiger charge is -2.13. The summed E-state index contributed by atoms with van der Waals surface area (Å²) < 4.78 is 24.9. The molecule has 0 radical (unpaired) electrons. The minimum atomic E-state index is -0.278. The Hall–Kier alpha value is -2.19. The Morgan fingerprint density at radius 2 is 2.00 bits per heavy atom. The van der Waals surface area contributed by atoms with Gasteiger partial charge in [-0.1, -0.05) is 12.1 Å². The van der Waals surface area contributed by atoms with Crippen LogP contribution in [-0.4, -0.2) is 25.0 Å². The fourth-order valence-corrected chi connectivity index (χ4v) is 2.65. The first-order valence-corrected chi connectivity index (χ1v) is 9.05. The van der Waals surface area contributed by atoms with Crippen molar-refractivity contribution in [1.29, 1.82) is 0 Å². The number of ether oxygens (including phenoxy) is 2. The van der Waals surface area contributed by atoms with Crippen LogP contribution in [0.15, 0.2) is 46.0 Å². The molecule has 26 heavy (non-hydrogen) atoms. The van der Waals surface area contributed by atoms with E-state index in [9.17, 15) is 4.39 Å². The van der Waals surface area contributed by atoms with E-state index in [1.165, 1.54) is 12.1 Å². The average Bonchev–Trinajstić information content (AvgIpc) is 2.63. The quantitative estimate of drug-likeness (QED) is 0.388. The van der Waals surface area contributed by atoms with Crippen molar-refractivity contribution in [2.45, 2.75) is 13.5 Å². The van der Waals surface area contributed by atoms with Crippen LogP contribution in [0.3, 0.4) is 0 Å². The fraction of sp³-hybridized carbons (Fsp3) is 0.222. The number of hydrazone groups is 1. The molecule has 0 aliphatic carbocycles. The third-order valence-corrected chi connectivity index (χ3v) is 4.22. The van der Waals surface area contributed by atoms with Crippen LogP contribution in [0, 0.1) is 5.82 Å². The predicted octanol–water partition coefficient (Wildman–Crippen LogP) is 3.99. The Labute approximate surface area is 165 Å². The maximum Gasteiger partial charge on any atom is 0.186 e. The van der Waals surface area contributed by atoms with Crippen molar-refractivity contribution in [2.24, 2.45) is 5.10 Å². The van der Waals surface area contributed by atoms with Crippen molar-refractivity contribution in [3.05, 3.63) is 57.8 Å². The molecule has 2 N–H and O–H groups in total. The summed E-state index contributed by atoms with van der Waals surface area (Å²) in [5, 5.41) is 7.48. The molecule has 0 heterocycles. The van der Waals surface area contributed by atoms with Crippen LogP contribution in [0.25, 0.3) is 0 Å². The second-order valence-corrected chi connectivity index (χ2v) is 6.43. The zero-order valence-electron chi connectivity index (χ0n) is 14.4. The van der Waals surface area contributed by atoms with Crippen LogP contribution < -0.4 is 20.2 Å². The molecule has 0 amide bonds. The highest BCUT2D eigenvalue weighted by molar-refractivity contribution is 9.10. The Balaban J connectivity index is 2.08. The monoisotopic (exact) mass is 439 g/mol. The normalized spacial score (nSPS) is 10.6. The van der Waals surface area contributed by atoms with Crippen molar-refractivity contribution in [1.82, 2.24) is 10.7 Å². The number of hydrogen-bond donors (Lipinski definition) is 2. The summed E-state index contributed by atoms with van der Waals surface area (Å²) in [5.41, 5.74) is 4.38. The maximum atomic E-state index is 13.0. The van der Waals surface area contributed by atoms with Crippen molar-refractivity contribution in [3.63, 3.8) is 0 Å². The number of benzene rings is 2. The van der Waals surface area contributed by atoms with Gasteiger partial charge < -0.3 is 14.8 Å². The highest BCUT2D eigenvalue weighted by Gasteiger charge is 2.10. The SMILES string of the molecule is CCNC(=S)N/N=C\c1cc(OC)c(OCc2ccc(F)cc2)cc1Br. The zero-order chi connectivity index (χ0) is 18.9. The molecule has 5 nitrogen and oxygen atoms in total. The first-order chi connectivity index (χ1) is 12.5. The number of nitrogens with zero attached hydrogens (tertiary/aromatic N) is 1. The zero-order valence-corrected chi connectivity index (χ0v) is 16.8. The number of rotatable bonds is 7. The highest BCUT2D eigenvalue weighted by atomic mass is 79.9. The lowest BCUT2D eigenvalue weighted by atomic mass is 10.2. The van der Waals surface area contributed by atoms with Gasteiger partial charge in [-0.05, 0) is 64.9 Å². The molecule has 0 fully saturated rings. The van der Waals surface area contributed by atoms with Gasteiger partial charge in [0.15, 0.2) is 16.6 Å². The first kappa shape index (κ1) is 20.1. The summed E-state index contributed by atoms with van der Waals surface area (Å²) in [7, 11) is 1.56. The molecule has 2 aromatic carbocycles. The molecule has 0 saturated carbocycles. The van der Waals surface area contributed by atoms with Crippen LogP contribution in [0.5, 0.6) is 11.5 Å². The summed E-state index contributed by atoms with van der Waals surface area (Å²) in [4.78, 5) is 0. The van der Waals surface area contributed by atoms with E-state index >= 15 is 0 Å². The van der Waals surface area contributed by atoms with E-state index in [0.717, 1.165) is 22.1 Å². The van der Waals surface area contributed by atoms with Crippen molar-refractivity contribution in [2.75, 3.05) is 13.7 Å². The largest absolute Gasteiger partial charge is 0.493 e. The molecule has 0 aromatic heterocycles. The lowest BCUT2D eigenvalue weighted by molar-refractivity contribution is 0.284. The molecule has 0 atom stereocenters. The maximum absolute atomic E-state index is 13.0. The van der Waals surface area contributed by atoms with Gasteiger partial charge in [-0.15, -0.1) is 0 Å². The van der Waals surface area contributed by atoms with Crippen LogP contribution in [0.2, 0.25) is 0 Å². The summed E-state index contributed by atoms with van der Waals surface area (Å²) in [6.45, 7) is 2.97. The first-order valence-electron chi connectivity index (χ1n) is 7.85. The number of thiocarbonyl (C=S) groups is 1. The Morgan fingerprint density at radius 1 is 1.27 bits per heavy atom. The molecular formula is C18H19BrFN3O2S. The molecule has 0 bridgehead atoms. The van der Waals surface area contributed by atoms with Gasteiger partial charge in [0.2, 0.25) is 0 Å². The predicted molar refractivity (Wildman–Crippen MR) is 108 cm³/mol. The van der Waals surface area contributed by atoms with Crippen LogP contribution >= 0.6 is 28.1 Å². The molecule has 0 saturated heterocycles. The molecule has 0 aliphatic rings. The second-order valence-electron chi connectivity index (χ2n) is 5.17. The van der Waals surface area contributed by atoms with Crippen molar-refractivity contribution >= 4 is 39.5 Å². The lowest BCUT2D eigenvalue weighted by Crippen LogP contribution is -2.31. The summed E-state index contributed by atoms with van der Waals surface area (Å²) in [5.74, 6) is 0.850. The number of hydrogen-bond acceptors (Lipinski definition) is 4. The summed E-state index contributed by atoms with van der Waals surface area (Å²) in [6, 6.07) is 9.75. The fourth-order valence-electron chi connectivity index (χ4n) is 2.02. The van der Waals surface area contributed by atoms with E-state index in [2.05, 4.69) is 31.8 Å². The minimum Gasteiger partial charge on any atom is -0.493 e. The third kappa shape index (κ3) is 5.96. The highest BCUT2D eigenvalue weighted by Crippen LogP contribution is 2.33. The van der Waals surface area contributed by atoms with E-state index in [1.54, 1.807) is 37.6 Å². The van der Waals surface area contributed by atoms with Crippen LogP contribution in [0.1, 0.15) is 18.1 Å². The minimum absolute atomic E-state index is 0.278. The smallest absolute Gasteiger partial charge is 0.186 e. The molecule has 2 rings (SSSR count). The molecule has 0 aliphatic heterocycles. The van der Waals surface area contributed by atoms with Gasteiger partial charge in [0, 0.05) is 16.6 Å². The summed E-state index contributed by atoms with van der Waals surface area (Å²) in [6.07, 6.45) is 1.62. The van der Waals surface area contributed by atoms with Gasteiger partial charge in [0.05, 0.1) is 13.3 Å². The summed E-state index contributed by atoms with van der Waals surface area (Å²) >= 11 is 8.54. The van der Waals surface area contributed by atoms with Gasteiger partial charge in [0.25, 0.3) is 0 Å². The van der Waals surface area contributed by atoms with Gasteiger partial charge in [-0.2, -0.15) is 5.10 Å². The van der Waals surface area contributed by atoms with E-state index in [-0.39, 0.29) is 5.82 Å². The van der Waals surface area contributed by atoms with Crippen molar-refractivity contribution in [3.8, 4) is 11.5 Å². The Kier molecular flexibility index (Phi) is 7.80. The van der Waals surface area contributed by atoms with Crippen LogP contribution in [-0.2, 0) is 6.61 Å². The van der Waals surface area contributed by atoms with Gasteiger partial charge in [-0.25, -0.2) is 4.39 Å². The van der Waals surface area contributed by atoms with Crippen LogP contribution in [0.4, 0.5) is 4.39 Å². The molecule has 0 spiro atoms. The topological polar surface area (TPSA) is 54.9 Å². The molecule has 2 aromatic rings. The van der Waals surface area contributed by atoms with Gasteiger partial charge in [-0.3, -0.25) is 5.43 Å². The number of nitrogens with one attached hydrogen (secondary N) is 2. The van der Waals surface area contributed by atoms with Gasteiger partial charge >= 0.3 is 0 Å². The van der Waals surface area contributed by atoms with Gasteiger partial charge in [0.1, 0.15) is 12.4 Å². The van der Waals surface area contributed by atoms with E-state index < -0.39 is 0 Å². The number of methoxy groups -OCH3 is 1. The Bertz CT molecular complexity index is 785. The molecular weight excluding hydrogens is 421 g/mol. The number of halogens is 2. The standard InChI is InChI=1S/C18H19BrFN3O2S/c1-3-21-18(26)23-22-10-13-8-16(24-2)17(9-15(13)19)25-11-12-4-6-14(20)7-5-12/h4-10H,3,11H2,1-2H3,(H2,21,23,26)/b22-10-. The molecule has 0 unspecified atom stereocenters. The average molecular weight is 440 g/mol. The molecule has 138 valence electrons. The third-order valence-electron chi connectivity index (χ3n) is 3.30. The van der Waals surface area contributed by atoms with Crippen molar-refractivity contribution < 1.29 is 13.9 Å². The second kappa shape index (κ2) is 10.1. The Morgan fingerprint density at radius 3 is 2.65 bits per heavy atom. The van der Waals surface area contributed by atoms with E-state index in [1.807, 2.05) is 6.92 Å².